The Morgan fingerprint density at radius 1 is 1.28 bits per heavy atom. The minimum absolute atomic E-state index is 0.0978. The van der Waals surface area contributed by atoms with Gasteiger partial charge in [0.1, 0.15) is 17.3 Å². The molecule has 0 unspecified atom stereocenters. The van der Waals surface area contributed by atoms with Crippen LogP contribution in [0.4, 0.5) is 9.18 Å². The first kappa shape index (κ1) is 17.3. The molecule has 25 heavy (non-hydrogen) atoms. The van der Waals surface area contributed by atoms with E-state index in [0.29, 0.717) is 31.9 Å². The van der Waals surface area contributed by atoms with Crippen molar-refractivity contribution in [1.29, 1.82) is 0 Å². The number of ether oxygens (including phenoxy) is 1. The zero-order chi connectivity index (χ0) is 17.6. The van der Waals surface area contributed by atoms with Gasteiger partial charge < -0.3 is 19.4 Å². The van der Waals surface area contributed by atoms with Crippen LogP contribution >= 0.6 is 0 Å². The highest BCUT2D eigenvalue weighted by Gasteiger charge is 2.22. The molecule has 0 atom stereocenters. The molecular weight excluding hydrogens is 325 g/mol. The highest BCUT2D eigenvalue weighted by atomic mass is 19.1. The molecule has 1 aliphatic rings. The zero-order valence-electron chi connectivity index (χ0n) is 14.2. The van der Waals surface area contributed by atoms with Crippen molar-refractivity contribution in [2.45, 2.75) is 13.1 Å². The number of furan rings is 1. The average Bonchev–Trinajstić information content (AvgIpc) is 3.14. The molecule has 2 aromatic rings. The van der Waals surface area contributed by atoms with E-state index < -0.39 is 0 Å². The van der Waals surface area contributed by atoms with Crippen molar-refractivity contribution in [3.8, 4) is 5.75 Å². The number of hydrogen-bond acceptors (Lipinski definition) is 4. The molecule has 3 rings (SSSR count). The predicted octanol–water partition coefficient (Wildman–Crippen LogP) is 2.45. The van der Waals surface area contributed by atoms with Crippen LogP contribution in [0.15, 0.2) is 41.0 Å². The normalized spacial score (nSPS) is 15.2. The van der Waals surface area contributed by atoms with E-state index in [9.17, 15) is 9.18 Å². The summed E-state index contributed by atoms with van der Waals surface area (Å²) in [7, 11) is 1.58. The first-order valence-electron chi connectivity index (χ1n) is 8.25. The fourth-order valence-electron chi connectivity index (χ4n) is 2.91. The van der Waals surface area contributed by atoms with E-state index in [4.69, 9.17) is 9.15 Å². The summed E-state index contributed by atoms with van der Waals surface area (Å²) < 4.78 is 24.0. The SMILES string of the molecule is COc1ccc(F)cc1CN1CCN(C(=O)NCc2ccco2)CC1. The van der Waals surface area contributed by atoms with Crippen molar-refractivity contribution in [2.24, 2.45) is 0 Å². The molecule has 1 aromatic heterocycles. The second kappa shape index (κ2) is 8.02. The van der Waals surface area contributed by atoms with Crippen LogP contribution in [0.5, 0.6) is 5.75 Å². The second-order valence-corrected chi connectivity index (χ2v) is 5.96. The van der Waals surface area contributed by atoms with Crippen molar-refractivity contribution >= 4 is 6.03 Å². The van der Waals surface area contributed by atoms with E-state index in [1.807, 2.05) is 6.07 Å². The molecule has 6 nitrogen and oxygen atoms in total. The van der Waals surface area contributed by atoms with Crippen LogP contribution < -0.4 is 10.1 Å². The smallest absolute Gasteiger partial charge is 0.317 e. The van der Waals surface area contributed by atoms with Crippen LogP contribution in [-0.2, 0) is 13.1 Å². The fourth-order valence-corrected chi connectivity index (χ4v) is 2.91. The summed E-state index contributed by atoms with van der Waals surface area (Å²) in [6, 6.07) is 8.05. The van der Waals surface area contributed by atoms with Gasteiger partial charge in [0.2, 0.25) is 0 Å². The van der Waals surface area contributed by atoms with E-state index in [0.717, 1.165) is 24.4 Å². The molecule has 0 aliphatic carbocycles. The van der Waals surface area contributed by atoms with Gasteiger partial charge in [-0.1, -0.05) is 0 Å². The van der Waals surface area contributed by atoms with Gasteiger partial charge in [-0.3, -0.25) is 4.90 Å². The van der Waals surface area contributed by atoms with Crippen LogP contribution in [0.1, 0.15) is 11.3 Å². The van der Waals surface area contributed by atoms with Gasteiger partial charge in [0.05, 0.1) is 19.9 Å². The lowest BCUT2D eigenvalue weighted by Gasteiger charge is -2.34. The van der Waals surface area contributed by atoms with E-state index >= 15 is 0 Å². The Balaban J connectivity index is 1.48. The van der Waals surface area contributed by atoms with E-state index in [1.54, 1.807) is 30.4 Å². The Kier molecular flexibility index (Phi) is 5.55. The summed E-state index contributed by atoms with van der Waals surface area (Å²) in [5, 5.41) is 2.85. The number of piperazine rings is 1. The average molecular weight is 347 g/mol. The molecule has 7 heteroatoms. The van der Waals surface area contributed by atoms with Crippen molar-refractivity contribution in [2.75, 3.05) is 33.3 Å². The molecular formula is C18H22FN3O3. The molecule has 1 N–H and O–H groups in total. The number of nitrogens with zero attached hydrogens (tertiary/aromatic N) is 2. The highest BCUT2D eigenvalue weighted by molar-refractivity contribution is 5.74. The van der Waals surface area contributed by atoms with Gasteiger partial charge in [-0.15, -0.1) is 0 Å². The molecule has 1 aromatic carbocycles. The van der Waals surface area contributed by atoms with E-state index in [2.05, 4.69) is 10.2 Å². The molecule has 0 bridgehead atoms. The fraction of sp³-hybridized carbons (Fsp3) is 0.389. The van der Waals surface area contributed by atoms with Crippen LogP contribution in [0.3, 0.4) is 0 Å². The lowest BCUT2D eigenvalue weighted by molar-refractivity contribution is 0.134. The van der Waals surface area contributed by atoms with Crippen molar-refractivity contribution < 1.29 is 18.3 Å². The van der Waals surface area contributed by atoms with Gasteiger partial charge in [0.25, 0.3) is 0 Å². The number of amides is 2. The molecule has 0 spiro atoms. The molecule has 0 radical (unpaired) electrons. The summed E-state index contributed by atoms with van der Waals surface area (Å²) in [6.07, 6.45) is 1.58. The number of halogens is 1. The molecule has 2 amide bonds. The maximum atomic E-state index is 13.5. The summed E-state index contributed by atoms with van der Waals surface area (Å²) in [4.78, 5) is 16.2. The van der Waals surface area contributed by atoms with E-state index in [-0.39, 0.29) is 11.8 Å². The third-order valence-corrected chi connectivity index (χ3v) is 4.29. The summed E-state index contributed by atoms with van der Waals surface area (Å²) >= 11 is 0. The predicted molar refractivity (Wildman–Crippen MR) is 90.7 cm³/mol. The minimum atomic E-state index is -0.272. The highest BCUT2D eigenvalue weighted by Crippen LogP contribution is 2.21. The number of carbonyl (C=O) groups excluding carboxylic acids is 1. The molecule has 1 aliphatic heterocycles. The Bertz CT molecular complexity index is 698. The van der Waals surface area contributed by atoms with Crippen LogP contribution in [-0.4, -0.2) is 49.1 Å². The lowest BCUT2D eigenvalue weighted by Crippen LogP contribution is -2.51. The summed E-state index contributed by atoms with van der Waals surface area (Å²) in [5.41, 5.74) is 0.818. The van der Waals surface area contributed by atoms with Crippen molar-refractivity contribution in [1.82, 2.24) is 15.1 Å². The molecule has 2 heterocycles. The van der Waals surface area contributed by atoms with Gasteiger partial charge in [-0.25, -0.2) is 9.18 Å². The van der Waals surface area contributed by atoms with Crippen LogP contribution in [0.25, 0.3) is 0 Å². The van der Waals surface area contributed by atoms with Crippen LogP contribution in [0, 0.1) is 5.82 Å². The quantitative estimate of drug-likeness (QED) is 0.903. The number of methoxy groups -OCH3 is 1. The standard InChI is InChI=1S/C18H22FN3O3/c1-24-17-5-4-15(19)11-14(17)13-21-6-8-22(9-7-21)18(23)20-12-16-3-2-10-25-16/h2-5,10-11H,6-9,12-13H2,1H3,(H,20,23). The minimum Gasteiger partial charge on any atom is -0.496 e. The number of urea groups is 1. The Morgan fingerprint density at radius 3 is 2.76 bits per heavy atom. The largest absolute Gasteiger partial charge is 0.496 e. The molecule has 1 fully saturated rings. The Labute approximate surface area is 146 Å². The number of rotatable bonds is 5. The first-order chi connectivity index (χ1) is 12.2. The molecule has 134 valence electrons. The van der Waals surface area contributed by atoms with Crippen molar-refractivity contribution in [3.05, 3.63) is 53.7 Å². The maximum absolute atomic E-state index is 13.5. The third-order valence-electron chi connectivity index (χ3n) is 4.29. The first-order valence-corrected chi connectivity index (χ1v) is 8.25. The second-order valence-electron chi connectivity index (χ2n) is 5.96. The number of carbonyl (C=O) groups is 1. The van der Waals surface area contributed by atoms with Gasteiger partial charge in [0.15, 0.2) is 0 Å². The summed E-state index contributed by atoms with van der Waals surface area (Å²) in [6.45, 7) is 3.69. The summed E-state index contributed by atoms with van der Waals surface area (Å²) in [5.74, 6) is 1.14. The van der Waals surface area contributed by atoms with Crippen molar-refractivity contribution in [3.63, 3.8) is 0 Å². The van der Waals surface area contributed by atoms with Gasteiger partial charge in [-0.05, 0) is 30.3 Å². The Morgan fingerprint density at radius 2 is 2.08 bits per heavy atom. The van der Waals surface area contributed by atoms with Gasteiger partial charge in [-0.2, -0.15) is 0 Å². The monoisotopic (exact) mass is 347 g/mol. The number of hydrogen-bond donors (Lipinski definition) is 1. The topological polar surface area (TPSA) is 58.0 Å². The number of nitrogens with one attached hydrogen (secondary N) is 1. The Hall–Kier alpha value is -2.54. The van der Waals surface area contributed by atoms with Gasteiger partial charge in [0, 0.05) is 38.3 Å². The van der Waals surface area contributed by atoms with Crippen LogP contribution in [0.2, 0.25) is 0 Å². The lowest BCUT2D eigenvalue weighted by atomic mass is 10.1. The molecule has 1 saturated heterocycles. The third kappa shape index (κ3) is 4.51. The van der Waals surface area contributed by atoms with Gasteiger partial charge >= 0.3 is 6.03 Å². The number of benzene rings is 1. The maximum Gasteiger partial charge on any atom is 0.317 e. The molecule has 0 saturated carbocycles. The van der Waals surface area contributed by atoms with E-state index in [1.165, 1.54) is 12.1 Å². The zero-order valence-corrected chi connectivity index (χ0v) is 14.2.